The maximum absolute atomic E-state index is 4.82. The van der Waals surface area contributed by atoms with Crippen molar-refractivity contribution < 1.29 is 0 Å². The summed E-state index contributed by atoms with van der Waals surface area (Å²) >= 11 is 0. The average molecular weight is 407 g/mol. The first-order valence-corrected chi connectivity index (χ1v) is 11.3. The van der Waals surface area contributed by atoms with E-state index in [-0.39, 0.29) is 0 Å². The van der Waals surface area contributed by atoms with Gasteiger partial charge in [0.15, 0.2) is 0 Å². The number of aryl methyl sites for hydroxylation is 1. The number of rotatable bonds is 4. The summed E-state index contributed by atoms with van der Waals surface area (Å²) in [5.74, 6) is 1.86. The van der Waals surface area contributed by atoms with Crippen LogP contribution < -0.4 is 0 Å². The van der Waals surface area contributed by atoms with Crippen LogP contribution in [0.3, 0.4) is 0 Å². The highest BCUT2D eigenvalue weighted by Gasteiger charge is 2.29. The van der Waals surface area contributed by atoms with Gasteiger partial charge in [-0.15, -0.1) is 0 Å². The maximum atomic E-state index is 4.82. The Bertz CT molecular complexity index is 1270. The van der Waals surface area contributed by atoms with Gasteiger partial charge in [0.2, 0.25) is 0 Å². The van der Waals surface area contributed by atoms with Crippen molar-refractivity contribution in [3.05, 3.63) is 94.8 Å². The summed E-state index contributed by atoms with van der Waals surface area (Å²) < 4.78 is 2.34. The van der Waals surface area contributed by atoms with E-state index >= 15 is 0 Å². The lowest BCUT2D eigenvalue weighted by Crippen LogP contribution is -2.11. The van der Waals surface area contributed by atoms with Crippen LogP contribution in [0.4, 0.5) is 0 Å². The Balaban J connectivity index is 1.84. The molecule has 0 atom stereocenters. The first-order chi connectivity index (χ1) is 15.0. The van der Waals surface area contributed by atoms with Crippen molar-refractivity contribution in [2.75, 3.05) is 0 Å². The Morgan fingerprint density at radius 1 is 0.839 bits per heavy atom. The van der Waals surface area contributed by atoms with Gasteiger partial charge in [0, 0.05) is 18.0 Å². The summed E-state index contributed by atoms with van der Waals surface area (Å²) in [7, 11) is 0. The fourth-order valence-electron chi connectivity index (χ4n) is 5.15. The summed E-state index contributed by atoms with van der Waals surface area (Å²) in [5, 5.41) is 0. The lowest BCUT2D eigenvalue weighted by Gasteiger charge is -2.25. The molecule has 3 aromatic carbocycles. The smallest absolute Gasteiger partial charge is 0.144 e. The van der Waals surface area contributed by atoms with Crippen LogP contribution in [0.5, 0.6) is 0 Å². The molecule has 1 aliphatic rings. The van der Waals surface area contributed by atoms with Gasteiger partial charge >= 0.3 is 0 Å². The molecule has 1 heterocycles. The van der Waals surface area contributed by atoms with Crippen LogP contribution in [0.2, 0.25) is 0 Å². The van der Waals surface area contributed by atoms with Gasteiger partial charge in [-0.1, -0.05) is 76.2 Å². The quantitative estimate of drug-likeness (QED) is 0.299. The van der Waals surface area contributed by atoms with Crippen LogP contribution in [0.1, 0.15) is 67.3 Å². The average Bonchev–Trinajstić information content (AvgIpc) is 3.37. The predicted molar refractivity (Wildman–Crippen MR) is 130 cm³/mol. The number of benzene rings is 3. The Morgan fingerprint density at radius 2 is 1.55 bits per heavy atom. The molecule has 0 fully saturated rings. The first kappa shape index (κ1) is 19.8. The van der Waals surface area contributed by atoms with Crippen molar-refractivity contribution >= 4 is 0 Å². The number of nitrogens with zero attached hydrogens (tertiary/aromatic N) is 2. The minimum absolute atomic E-state index is 0.415. The summed E-state index contributed by atoms with van der Waals surface area (Å²) in [4.78, 5) is 4.82. The van der Waals surface area contributed by atoms with E-state index in [1.165, 1.54) is 50.2 Å². The van der Waals surface area contributed by atoms with E-state index in [1.807, 2.05) is 6.20 Å². The highest BCUT2D eigenvalue weighted by Crippen LogP contribution is 2.46. The van der Waals surface area contributed by atoms with Crippen molar-refractivity contribution in [3.63, 3.8) is 0 Å². The largest absolute Gasteiger partial charge is 0.299 e. The third-order valence-corrected chi connectivity index (χ3v) is 6.62. The zero-order valence-corrected chi connectivity index (χ0v) is 19.1. The topological polar surface area (TPSA) is 17.8 Å². The first-order valence-electron chi connectivity index (χ1n) is 11.3. The highest BCUT2D eigenvalue weighted by molar-refractivity contribution is 5.82. The summed E-state index contributed by atoms with van der Waals surface area (Å²) in [6.07, 6.45) is 5.10. The Labute approximate surface area is 185 Å². The monoisotopic (exact) mass is 406 g/mol. The van der Waals surface area contributed by atoms with E-state index < -0.39 is 0 Å². The molecule has 156 valence electrons. The van der Waals surface area contributed by atoms with Crippen molar-refractivity contribution in [3.8, 4) is 28.2 Å². The van der Waals surface area contributed by atoms with Gasteiger partial charge in [0.25, 0.3) is 0 Å². The zero-order valence-electron chi connectivity index (χ0n) is 19.1. The van der Waals surface area contributed by atoms with E-state index in [0.29, 0.717) is 11.8 Å². The van der Waals surface area contributed by atoms with Gasteiger partial charge in [-0.2, -0.15) is 0 Å². The fraction of sp³-hybridized carbons (Fsp3) is 0.276. The summed E-state index contributed by atoms with van der Waals surface area (Å²) in [5.41, 5.74) is 12.4. The molecule has 5 rings (SSSR count). The van der Waals surface area contributed by atoms with Gasteiger partial charge in [-0.05, 0) is 70.2 Å². The lowest BCUT2D eigenvalue weighted by atomic mass is 9.85. The molecule has 0 bridgehead atoms. The van der Waals surface area contributed by atoms with Crippen LogP contribution in [0, 0.1) is 6.92 Å². The van der Waals surface area contributed by atoms with Gasteiger partial charge in [-0.25, -0.2) is 4.98 Å². The molecule has 0 saturated carbocycles. The lowest BCUT2D eigenvalue weighted by molar-refractivity contribution is 0.799. The van der Waals surface area contributed by atoms with Crippen molar-refractivity contribution in [1.82, 2.24) is 9.55 Å². The molecule has 0 N–H and O–H groups in total. The Hall–Kier alpha value is -3.13. The molecule has 2 heteroatoms. The zero-order chi connectivity index (χ0) is 21.7. The summed E-state index contributed by atoms with van der Waals surface area (Å²) in [6, 6.07) is 19.9. The molecule has 1 aliphatic carbocycles. The van der Waals surface area contributed by atoms with E-state index in [2.05, 4.69) is 100.0 Å². The van der Waals surface area contributed by atoms with Crippen molar-refractivity contribution in [1.29, 1.82) is 0 Å². The maximum Gasteiger partial charge on any atom is 0.144 e. The second-order valence-corrected chi connectivity index (χ2v) is 9.33. The van der Waals surface area contributed by atoms with Gasteiger partial charge < -0.3 is 0 Å². The standard InChI is InChI=1S/C29H30N2/c1-18(2)24-17-25-23-13-9-7-11-21(23)16-26(25)27(19(3)4)28(24)31-15-14-30-29(31)22-12-8-6-10-20(22)5/h6-15,17-19H,16H2,1-5H3. The molecule has 0 saturated heterocycles. The number of hydrogen-bond donors (Lipinski definition) is 0. The molecule has 2 nitrogen and oxygen atoms in total. The van der Waals surface area contributed by atoms with Gasteiger partial charge in [0.1, 0.15) is 5.82 Å². The van der Waals surface area contributed by atoms with Crippen LogP contribution in [0.15, 0.2) is 67.0 Å². The van der Waals surface area contributed by atoms with Crippen LogP contribution >= 0.6 is 0 Å². The molecule has 0 unspecified atom stereocenters. The number of aromatic nitrogens is 2. The molecule has 0 amide bonds. The van der Waals surface area contributed by atoms with Crippen LogP contribution in [-0.4, -0.2) is 9.55 Å². The molecule has 0 aliphatic heterocycles. The predicted octanol–water partition coefficient (Wildman–Crippen LogP) is 7.67. The highest BCUT2D eigenvalue weighted by atomic mass is 15.1. The van der Waals surface area contributed by atoms with Crippen molar-refractivity contribution in [2.45, 2.75) is 52.9 Å². The Morgan fingerprint density at radius 3 is 2.26 bits per heavy atom. The number of hydrogen-bond acceptors (Lipinski definition) is 1. The minimum atomic E-state index is 0.415. The van der Waals surface area contributed by atoms with Crippen LogP contribution in [-0.2, 0) is 6.42 Å². The van der Waals surface area contributed by atoms with Gasteiger partial charge in [-0.3, -0.25) is 4.57 Å². The third kappa shape index (κ3) is 3.13. The minimum Gasteiger partial charge on any atom is -0.299 e. The molecule has 0 radical (unpaired) electrons. The third-order valence-electron chi connectivity index (χ3n) is 6.62. The molecule has 0 spiro atoms. The normalized spacial score (nSPS) is 12.5. The second-order valence-electron chi connectivity index (χ2n) is 9.33. The number of fused-ring (bicyclic) bond motifs is 3. The van der Waals surface area contributed by atoms with E-state index in [0.717, 1.165) is 12.2 Å². The Kier molecular flexibility index (Phi) is 4.81. The van der Waals surface area contributed by atoms with Crippen molar-refractivity contribution in [2.24, 2.45) is 0 Å². The van der Waals surface area contributed by atoms with Gasteiger partial charge in [0.05, 0.1) is 5.69 Å². The molecular weight excluding hydrogens is 376 g/mol. The molecule has 1 aromatic heterocycles. The fourth-order valence-corrected chi connectivity index (χ4v) is 5.15. The molecular formula is C29H30N2. The SMILES string of the molecule is Cc1ccccc1-c1nccn1-c1c(C(C)C)cc2c(c1C(C)C)Cc1ccccc1-2. The van der Waals surface area contributed by atoms with E-state index in [9.17, 15) is 0 Å². The van der Waals surface area contributed by atoms with Crippen LogP contribution in [0.25, 0.3) is 28.2 Å². The summed E-state index contributed by atoms with van der Waals surface area (Å²) in [6.45, 7) is 11.4. The number of imidazole rings is 1. The molecule has 31 heavy (non-hydrogen) atoms. The second kappa shape index (κ2) is 7.53. The van der Waals surface area contributed by atoms with E-state index in [4.69, 9.17) is 4.98 Å². The molecule has 4 aromatic rings. The van der Waals surface area contributed by atoms with E-state index in [1.54, 1.807) is 0 Å².